The number of amides is 1. The molecule has 1 aliphatic heterocycles. The first-order chi connectivity index (χ1) is 13.3. The number of rotatable bonds is 7. The third-order valence-electron chi connectivity index (χ3n) is 4.56. The summed E-state index contributed by atoms with van der Waals surface area (Å²) in [6, 6.07) is 7.19. The van der Waals surface area contributed by atoms with E-state index in [1.54, 1.807) is 24.3 Å². The van der Waals surface area contributed by atoms with Crippen LogP contribution in [0.25, 0.3) is 0 Å². The highest BCUT2D eigenvalue weighted by molar-refractivity contribution is 6.42. The monoisotopic (exact) mass is 422 g/mol. The molecule has 148 valence electrons. The Morgan fingerprint density at radius 2 is 2.00 bits per heavy atom. The van der Waals surface area contributed by atoms with Crippen molar-refractivity contribution in [2.45, 2.75) is 12.5 Å². The van der Waals surface area contributed by atoms with Crippen molar-refractivity contribution in [1.29, 1.82) is 0 Å². The molecule has 6 nitrogen and oxygen atoms in total. The molecule has 0 spiro atoms. The van der Waals surface area contributed by atoms with Crippen LogP contribution in [-0.2, 0) is 4.79 Å². The van der Waals surface area contributed by atoms with Gasteiger partial charge in [-0.1, -0.05) is 29.3 Å². The first kappa shape index (κ1) is 20.5. The van der Waals surface area contributed by atoms with Crippen LogP contribution in [0.3, 0.4) is 0 Å². The van der Waals surface area contributed by atoms with E-state index in [0.717, 1.165) is 6.54 Å². The zero-order valence-electron chi connectivity index (χ0n) is 15.5. The number of furan rings is 1. The summed E-state index contributed by atoms with van der Waals surface area (Å²) in [5.74, 6) is -1.65. The van der Waals surface area contributed by atoms with Gasteiger partial charge in [0.2, 0.25) is 5.78 Å². The Morgan fingerprint density at radius 3 is 2.61 bits per heavy atom. The maximum absolute atomic E-state index is 13.0. The van der Waals surface area contributed by atoms with Gasteiger partial charge in [0, 0.05) is 6.54 Å². The van der Waals surface area contributed by atoms with Gasteiger partial charge in [0.25, 0.3) is 5.91 Å². The molecule has 0 aliphatic carbocycles. The zero-order valence-corrected chi connectivity index (χ0v) is 17.0. The molecule has 1 atom stereocenters. The molecule has 2 heterocycles. The number of nitrogens with zero attached hydrogens (tertiary/aromatic N) is 2. The Labute approximate surface area is 172 Å². The van der Waals surface area contributed by atoms with Gasteiger partial charge in [-0.2, -0.15) is 0 Å². The maximum Gasteiger partial charge on any atom is 0.290 e. The van der Waals surface area contributed by atoms with E-state index in [1.807, 2.05) is 19.0 Å². The first-order valence-electron chi connectivity index (χ1n) is 8.73. The molecular weight excluding hydrogens is 403 g/mol. The number of benzene rings is 1. The molecular formula is C20H20Cl2N2O4. The fraction of sp³-hybridized carbons (Fsp3) is 0.300. The summed E-state index contributed by atoms with van der Waals surface area (Å²) in [5, 5.41) is 11.2. The molecule has 2 aromatic rings. The highest BCUT2D eigenvalue weighted by atomic mass is 35.5. The second-order valence-corrected chi connectivity index (χ2v) is 7.61. The Kier molecular flexibility index (Phi) is 6.13. The van der Waals surface area contributed by atoms with Crippen molar-refractivity contribution in [2.24, 2.45) is 0 Å². The molecule has 0 radical (unpaired) electrons. The Bertz CT molecular complexity index is 922. The van der Waals surface area contributed by atoms with Crippen LogP contribution in [0.2, 0.25) is 10.0 Å². The van der Waals surface area contributed by atoms with Crippen LogP contribution in [0, 0.1) is 0 Å². The SMILES string of the molecule is CN(C)CCCN1C(=O)C(O)=C(C(=O)c2ccco2)[C@@H]1c1ccc(Cl)c(Cl)c1. The maximum atomic E-state index is 13.0. The van der Waals surface area contributed by atoms with Crippen molar-refractivity contribution in [1.82, 2.24) is 9.80 Å². The van der Waals surface area contributed by atoms with Crippen LogP contribution >= 0.6 is 23.2 Å². The molecule has 1 aromatic heterocycles. The molecule has 0 unspecified atom stereocenters. The Balaban J connectivity index is 2.03. The highest BCUT2D eigenvalue weighted by Crippen LogP contribution is 2.40. The average molecular weight is 423 g/mol. The van der Waals surface area contributed by atoms with E-state index >= 15 is 0 Å². The van der Waals surface area contributed by atoms with E-state index in [-0.39, 0.29) is 11.3 Å². The van der Waals surface area contributed by atoms with Gasteiger partial charge in [0.15, 0.2) is 11.5 Å². The number of carbonyl (C=O) groups is 2. The van der Waals surface area contributed by atoms with Crippen LogP contribution < -0.4 is 0 Å². The number of ketones is 1. The first-order valence-corrected chi connectivity index (χ1v) is 9.48. The van der Waals surface area contributed by atoms with Crippen LogP contribution in [-0.4, -0.2) is 53.8 Å². The number of halogens is 2. The van der Waals surface area contributed by atoms with Gasteiger partial charge < -0.3 is 19.3 Å². The van der Waals surface area contributed by atoms with E-state index in [0.29, 0.717) is 28.6 Å². The summed E-state index contributed by atoms with van der Waals surface area (Å²) in [4.78, 5) is 29.2. The molecule has 0 bridgehead atoms. The van der Waals surface area contributed by atoms with E-state index in [2.05, 4.69) is 0 Å². The van der Waals surface area contributed by atoms with E-state index in [1.165, 1.54) is 17.2 Å². The molecule has 1 amide bonds. The number of carbonyl (C=O) groups excluding carboxylic acids is 2. The molecule has 1 aliphatic rings. The standard InChI is InChI=1S/C20H20Cl2N2O4/c1-23(2)8-4-9-24-17(12-6-7-13(21)14(22)11-12)16(19(26)20(24)27)18(25)15-5-3-10-28-15/h3,5-7,10-11,17,26H,4,8-9H2,1-2H3/t17-/m0/s1. The lowest BCUT2D eigenvalue weighted by Gasteiger charge is -2.27. The van der Waals surface area contributed by atoms with E-state index in [4.69, 9.17) is 27.6 Å². The van der Waals surface area contributed by atoms with Gasteiger partial charge in [0.1, 0.15) is 0 Å². The van der Waals surface area contributed by atoms with Crippen molar-refractivity contribution in [2.75, 3.05) is 27.2 Å². The van der Waals surface area contributed by atoms with Crippen molar-refractivity contribution in [3.63, 3.8) is 0 Å². The summed E-state index contributed by atoms with van der Waals surface area (Å²) in [5.41, 5.74) is 0.565. The lowest BCUT2D eigenvalue weighted by atomic mass is 9.95. The van der Waals surface area contributed by atoms with Crippen molar-refractivity contribution in [3.8, 4) is 0 Å². The summed E-state index contributed by atoms with van der Waals surface area (Å²) in [7, 11) is 3.87. The number of aliphatic hydroxyl groups excluding tert-OH is 1. The third-order valence-corrected chi connectivity index (χ3v) is 5.30. The molecule has 3 rings (SSSR count). The minimum atomic E-state index is -0.776. The lowest BCUT2D eigenvalue weighted by Crippen LogP contribution is -2.33. The molecule has 0 saturated heterocycles. The van der Waals surface area contributed by atoms with E-state index < -0.39 is 23.5 Å². The minimum Gasteiger partial charge on any atom is -0.503 e. The van der Waals surface area contributed by atoms with Crippen molar-refractivity contribution < 1.29 is 19.1 Å². The summed E-state index contributed by atoms with van der Waals surface area (Å²) in [6.45, 7) is 1.11. The average Bonchev–Trinajstić information content (AvgIpc) is 3.26. The van der Waals surface area contributed by atoms with E-state index in [9.17, 15) is 14.7 Å². The van der Waals surface area contributed by atoms with Gasteiger partial charge >= 0.3 is 0 Å². The number of Topliss-reactive ketones (excluding diaryl/α,β-unsaturated/α-hetero) is 1. The fourth-order valence-corrected chi connectivity index (χ4v) is 3.55. The minimum absolute atomic E-state index is 0.0248. The molecule has 0 saturated carbocycles. The quantitative estimate of drug-likeness (QED) is 0.679. The summed E-state index contributed by atoms with van der Waals surface area (Å²) < 4.78 is 5.19. The number of hydrogen-bond donors (Lipinski definition) is 1. The van der Waals surface area contributed by atoms with Crippen LogP contribution in [0.15, 0.2) is 52.3 Å². The van der Waals surface area contributed by atoms with Gasteiger partial charge in [-0.3, -0.25) is 9.59 Å². The predicted octanol–water partition coefficient (Wildman–Crippen LogP) is 4.12. The molecule has 1 N–H and O–H groups in total. The van der Waals surface area contributed by atoms with Gasteiger partial charge in [-0.25, -0.2) is 0 Å². The van der Waals surface area contributed by atoms with Crippen molar-refractivity contribution in [3.05, 3.63) is 69.3 Å². The zero-order chi connectivity index (χ0) is 20.4. The topological polar surface area (TPSA) is 74.0 Å². The van der Waals surface area contributed by atoms with Gasteiger partial charge in [-0.05, 0) is 56.9 Å². The van der Waals surface area contributed by atoms with Crippen LogP contribution in [0.5, 0.6) is 0 Å². The summed E-state index contributed by atoms with van der Waals surface area (Å²) >= 11 is 12.2. The van der Waals surface area contributed by atoms with Gasteiger partial charge in [-0.15, -0.1) is 0 Å². The smallest absolute Gasteiger partial charge is 0.290 e. The largest absolute Gasteiger partial charge is 0.503 e. The van der Waals surface area contributed by atoms with Crippen LogP contribution in [0.1, 0.15) is 28.6 Å². The lowest BCUT2D eigenvalue weighted by molar-refractivity contribution is -0.129. The Hall–Kier alpha value is -2.28. The third kappa shape index (κ3) is 3.94. The molecule has 8 heteroatoms. The van der Waals surface area contributed by atoms with Gasteiger partial charge in [0.05, 0.1) is 27.9 Å². The highest BCUT2D eigenvalue weighted by Gasteiger charge is 2.44. The molecule has 28 heavy (non-hydrogen) atoms. The van der Waals surface area contributed by atoms with Crippen LogP contribution in [0.4, 0.5) is 0 Å². The second-order valence-electron chi connectivity index (χ2n) is 6.80. The number of hydrogen-bond acceptors (Lipinski definition) is 5. The Morgan fingerprint density at radius 1 is 1.25 bits per heavy atom. The predicted molar refractivity (Wildman–Crippen MR) is 107 cm³/mol. The molecule has 0 fully saturated rings. The second kappa shape index (κ2) is 8.39. The summed E-state index contributed by atoms with van der Waals surface area (Å²) in [6.07, 6.45) is 2.04. The fourth-order valence-electron chi connectivity index (χ4n) is 3.24. The number of aliphatic hydroxyl groups is 1. The van der Waals surface area contributed by atoms with Crippen molar-refractivity contribution >= 4 is 34.9 Å². The normalized spacial score (nSPS) is 17.1. The molecule has 1 aromatic carbocycles.